The zero-order valence-electron chi connectivity index (χ0n) is 10.2. The Bertz CT molecular complexity index is 525. The first kappa shape index (κ1) is 12.0. The SMILES string of the molecule is Cc1cc(C)cc(C(C)n2ncc(Cl)c2N)c1. The molecule has 0 aliphatic heterocycles. The second-order valence-corrected chi connectivity index (χ2v) is 4.83. The number of nitrogens with two attached hydrogens (primary N) is 1. The Kier molecular flexibility index (Phi) is 3.11. The van der Waals surface area contributed by atoms with Gasteiger partial charge in [0.2, 0.25) is 0 Å². The van der Waals surface area contributed by atoms with Crippen molar-refractivity contribution in [2.45, 2.75) is 26.8 Å². The van der Waals surface area contributed by atoms with E-state index < -0.39 is 0 Å². The molecule has 2 aromatic rings. The highest BCUT2D eigenvalue weighted by Crippen LogP contribution is 2.26. The molecule has 1 heterocycles. The largest absolute Gasteiger partial charge is 0.383 e. The lowest BCUT2D eigenvalue weighted by Crippen LogP contribution is -2.11. The summed E-state index contributed by atoms with van der Waals surface area (Å²) in [7, 11) is 0. The van der Waals surface area contributed by atoms with E-state index in [1.165, 1.54) is 16.7 Å². The first-order chi connectivity index (χ1) is 7.99. The monoisotopic (exact) mass is 249 g/mol. The molecule has 0 saturated heterocycles. The van der Waals surface area contributed by atoms with Crippen molar-refractivity contribution in [3.05, 3.63) is 46.1 Å². The van der Waals surface area contributed by atoms with Crippen molar-refractivity contribution < 1.29 is 0 Å². The molecule has 2 N–H and O–H groups in total. The number of aromatic nitrogens is 2. The van der Waals surface area contributed by atoms with Gasteiger partial charge in [0.1, 0.15) is 10.8 Å². The van der Waals surface area contributed by atoms with Gasteiger partial charge in [0.05, 0.1) is 12.2 Å². The maximum Gasteiger partial charge on any atom is 0.141 e. The predicted octanol–water partition coefficient (Wildman–Crippen LogP) is 3.34. The molecule has 2 rings (SSSR count). The molecule has 1 atom stereocenters. The Morgan fingerprint density at radius 1 is 1.24 bits per heavy atom. The molecule has 1 aromatic carbocycles. The van der Waals surface area contributed by atoms with Gasteiger partial charge in [-0.2, -0.15) is 5.10 Å². The van der Waals surface area contributed by atoms with E-state index in [9.17, 15) is 0 Å². The molecule has 1 aromatic heterocycles. The van der Waals surface area contributed by atoms with Crippen molar-refractivity contribution in [1.82, 2.24) is 9.78 Å². The molecule has 4 heteroatoms. The number of nitrogens with zero attached hydrogens (tertiary/aromatic N) is 2. The summed E-state index contributed by atoms with van der Waals surface area (Å²) in [5, 5.41) is 4.71. The van der Waals surface area contributed by atoms with Gasteiger partial charge < -0.3 is 5.73 Å². The Morgan fingerprint density at radius 2 is 1.82 bits per heavy atom. The molecule has 0 saturated carbocycles. The van der Waals surface area contributed by atoms with Crippen LogP contribution in [0, 0.1) is 13.8 Å². The number of benzene rings is 1. The van der Waals surface area contributed by atoms with Gasteiger partial charge in [0.15, 0.2) is 0 Å². The highest BCUT2D eigenvalue weighted by atomic mass is 35.5. The molecule has 0 amide bonds. The summed E-state index contributed by atoms with van der Waals surface area (Å²) < 4.78 is 1.75. The number of hydrogen-bond acceptors (Lipinski definition) is 2. The molecule has 0 aliphatic rings. The second kappa shape index (κ2) is 4.41. The third-order valence-electron chi connectivity index (χ3n) is 2.88. The molecule has 1 unspecified atom stereocenters. The van der Waals surface area contributed by atoms with E-state index in [4.69, 9.17) is 17.3 Å². The third-order valence-corrected chi connectivity index (χ3v) is 3.17. The fourth-order valence-corrected chi connectivity index (χ4v) is 2.18. The maximum atomic E-state index is 5.92. The molecule has 0 aliphatic carbocycles. The maximum absolute atomic E-state index is 5.92. The molecule has 0 fully saturated rings. The summed E-state index contributed by atoms with van der Waals surface area (Å²) in [6, 6.07) is 6.52. The number of anilines is 1. The van der Waals surface area contributed by atoms with Crippen LogP contribution in [0.5, 0.6) is 0 Å². The summed E-state index contributed by atoms with van der Waals surface area (Å²) in [6.07, 6.45) is 1.58. The first-order valence-corrected chi connectivity index (χ1v) is 5.93. The van der Waals surface area contributed by atoms with Crippen molar-refractivity contribution in [3.63, 3.8) is 0 Å². The number of hydrogen-bond donors (Lipinski definition) is 1. The van der Waals surface area contributed by atoms with Crippen LogP contribution in [0.15, 0.2) is 24.4 Å². The van der Waals surface area contributed by atoms with Crippen molar-refractivity contribution in [1.29, 1.82) is 0 Å². The van der Waals surface area contributed by atoms with Crippen LogP contribution < -0.4 is 5.73 Å². The Hall–Kier alpha value is -1.48. The van der Waals surface area contributed by atoms with E-state index in [-0.39, 0.29) is 6.04 Å². The Morgan fingerprint density at radius 3 is 2.29 bits per heavy atom. The van der Waals surface area contributed by atoms with E-state index in [1.807, 2.05) is 0 Å². The van der Waals surface area contributed by atoms with Crippen LogP contribution in [0.3, 0.4) is 0 Å². The molecule has 0 radical (unpaired) electrons. The highest BCUT2D eigenvalue weighted by molar-refractivity contribution is 6.32. The fraction of sp³-hybridized carbons (Fsp3) is 0.308. The van der Waals surface area contributed by atoms with Gasteiger partial charge in [-0.1, -0.05) is 40.9 Å². The molecule has 0 spiro atoms. The third kappa shape index (κ3) is 2.29. The lowest BCUT2D eigenvalue weighted by molar-refractivity contribution is 0.572. The summed E-state index contributed by atoms with van der Waals surface area (Å²) in [5.41, 5.74) is 9.55. The van der Waals surface area contributed by atoms with Gasteiger partial charge in [-0.3, -0.25) is 0 Å². The zero-order valence-corrected chi connectivity index (χ0v) is 11.0. The van der Waals surface area contributed by atoms with Crippen molar-refractivity contribution in [3.8, 4) is 0 Å². The number of rotatable bonds is 2. The van der Waals surface area contributed by atoms with Gasteiger partial charge in [-0.25, -0.2) is 4.68 Å². The van der Waals surface area contributed by atoms with Gasteiger partial charge in [0, 0.05) is 0 Å². The fourth-order valence-electron chi connectivity index (χ4n) is 2.05. The van der Waals surface area contributed by atoms with Crippen molar-refractivity contribution in [2.24, 2.45) is 0 Å². The van der Waals surface area contributed by atoms with Gasteiger partial charge in [-0.15, -0.1) is 0 Å². The molecule has 0 bridgehead atoms. The number of halogens is 1. The minimum atomic E-state index is 0.0844. The van der Waals surface area contributed by atoms with Crippen LogP contribution in [0.1, 0.15) is 29.7 Å². The minimum absolute atomic E-state index is 0.0844. The van der Waals surface area contributed by atoms with Crippen LogP contribution in [-0.2, 0) is 0 Å². The van der Waals surface area contributed by atoms with Crippen LogP contribution in [0.25, 0.3) is 0 Å². The zero-order chi connectivity index (χ0) is 12.6. The van der Waals surface area contributed by atoms with Crippen LogP contribution >= 0.6 is 11.6 Å². The standard InChI is InChI=1S/C13H16ClN3/c1-8-4-9(2)6-11(5-8)10(3)17-13(15)12(14)7-16-17/h4-7,10H,15H2,1-3H3. The lowest BCUT2D eigenvalue weighted by Gasteiger charge is -2.15. The molecular weight excluding hydrogens is 234 g/mol. The number of aryl methyl sites for hydroxylation is 2. The minimum Gasteiger partial charge on any atom is -0.383 e. The molecule has 3 nitrogen and oxygen atoms in total. The molecule has 90 valence electrons. The van der Waals surface area contributed by atoms with Gasteiger partial charge in [-0.05, 0) is 26.3 Å². The average molecular weight is 250 g/mol. The molecule has 17 heavy (non-hydrogen) atoms. The molecular formula is C13H16ClN3. The quantitative estimate of drug-likeness (QED) is 0.887. The summed E-state index contributed by atoms with van der Waals surface area (Å²) in [4.78, 5) is 0. The summed E-state index contributed by atoms with van der Waals surface area (Å²) >= 11 is 5.92. The first-order valence-electron chi connectivity index (χ1n) is 5.55. The van der Waals surface area contributed by atoms with Crippen molar-refractivity contribution >= 4 is 17.4 Å². The van der Waals surface area contributed by atoms with E-state index >= 15 is 0 Å². The highest BCUT2D eigenvalue weighted by Gasteiger charge is 2.14. The smallest absolute Gasteiger partial charge is 0.141 e. The number of nitrogen functional groups attached to an aromatic ring is 1. The lowest BCUT2D eigenvalue weighted by atomic mass is 10.0. The van der Waals surface area contributed by atoms with Crippen LogP contribution in [0.2, 0.25) is 5.02 Å². The Balaban J connectivity index is 2.43. The Labute approximate surface area is 106 Å². The van der Waals surface area contributed by atoms with E-state index in [1.54, 1.807) is 10.9 Å². The van der Waals surface area contributed by atoms with Gasteiger partial charge >= 0.3 is 0 Å². The summed E-state index contributed by atoms with van der Waals surface area (Å²) in [5.74, 6) is 0.512. The van der Waals surface area contributed by atoms with Gasteiger partial charge in [0.25, 0.3) is 0 Å². The van der Waals surface area contributed by atoms with Crippen LogP contribution in [-0.4, -0.2) is 9.78 Å². The normalized spacial score (nSPS) is 12.7. The van der Waals surface area contributed by atoms with Crippen molar-refractivity contribution in [2.75, 3.05) is 5.73 Å². The van der Waals surface area contributed by atoms with E-state index in [0.29, 0.717) is 10.8 Å². The average Bonchev–Trinajstić information content (AvgIpc) is 2.57. The second-order valence-electron chi connectivity index (χ2n) is 4.42. The topological polar surface area (TPSA) is 43.8 Å². The van der Waals surface area contributed by atoms with E-state index in [2.05, 4.69) is 44.1 Å². The predicted molar refractivity (Wildman–Crippen MR) is 71.4 cm³/mol. The van der Waals surface area contributed by atoms with Crippen LogP contribution in [0.4, 0.5) is 5.82 Å². The van der Waals surface area contributed by atoms with E-state index in [0.717, 1.165) is 0 Å². The summed E-state index contributed by atoms with van der Waals surface area (Å²) in [6.45, 7) is 6.24.